The Morgan fingerprint density at radius 1 is 1.05 bits per heavy atom. The summed E-state index contributed by atoms with van der Waals surface area (Å²) in [6, 6.07) is 9.62. The molecule has 206 valence electrons. The molecule has 3 rings (SSSR count). The maximum atomic E-state index is 14.1. The number of halogens is 7. The number of hydrogen-bond acceptors (Lipinski definition) is 5. The Labute approximate surface area is 238 Å². The molecule has 2 N–H and O–H groups in total. The van der Waals surface area contributed by atoms with Crippen LogP contribution in [-0.4, -0.2) is 24.6 Å². The summed E-state index contributed by atoms with van der Waals surface area (Å²) in [7, 11) is 0. The van der Waals surface area contributed by atoms with Gasteiger partial charge in [0.25, 0.3) is 0 Å². The lowest BCUT2D eigenvalue weighted by Crippen LogP contribution is -2.32. The van der Waals surface area contributed by atoms with E-state index < -0.39 is 35.1 Å². The molecule has 3 aromatic carbocycles. The summed E-state index contributed by atoms with van der Waals surface area (Å²) in [5.74, 6) is -2.56. The molecule has 0 unspecified atom stereocenters. The van der Waals surface area contributed by atoms with E-state index in [1.54, 1.807) is 13.0 Å². The zero-order valence-corrected chi connectivity index (χ0v) is 22.9. The minimum atomic E-state index is -4.67. The first kappa shape index (κ1) is 30.2. The molecule has 7 nitrogen and oxygen atoms in total. The fraction of sp³-hybridized carbons (Fsp3) is 0.160. The molecule has 0 fully saturated rings. The van der Waals surface area contributed by atoms with Crippen molar-refractivity contribution in [3.8, 4) is 11.5 Å². The second-order valence-corrected chi connectivity index (χ2v) is 9.27. The first-order valence-corrected chi connectivity index (χ1v) is 12.5. The number of amides is 2. The first-order chi connectivity index (χ1) is 18.4. The van der Waals surface area contributed by atoms with Crippen LogP contribution >= 0.6 is 39.1 Å². The van der Waals surface area contributed by atoms with Gasteiger partial charge in [-0.3, -0.25) is 9.59 Å². The van der Waals surface area contributed by atoms with Crippen LogP contribution in [0.25, 0.3) is 0 Å². The summed E-state index contributed by atoms with van der Waals surface area (Å²) in [6.45, 7) is 1.82. The van der Waals surface area contributed by atoms with Crippen molar-refractivity contribution in [2.45, 2.75) is 19.7 Å². The zero-order valence-electron chi connectivity index (χ0n) is 19.8. The van der Waals surface area contributed by atoms with Gasteiger partial charge in [-0.25, -0.2) is 9.82 Å². The maximum Gasteiger partial charge on any atom is 0.416 e. The normalized spacial score (nSPS) is 11.4. The van der Waals surface area contributed by atoms with E-state index in [0.717, 1.165) is 12.1 Å². The third kappa shape index (κ3) is 8.07. The topological polar surface area (TPSA) is 89.0 Å². The van der Waals surface area contributed by atoms with Crippen molar-refractivity contribution in [1.29, 1.82) is 0 Å². The van der Waals surface area contributed by atoms with Crippen LogP contribution in [-0.2, 0) is 22.4 Å². The lowest BCUT2D eigenvalue weighted by Gasteiger charge is -2.15. The molecule has 0 spiro atoms. The van der Waals surface area contributed by atoms with Crippen LogP contribution in [0, 0.1) is 5.82 Å². The minimum absolute atomic E-state index is 0.159. The lowest BCUT2D eigenvalue weighted by atomic mass is 10.2. The Morgan fingerprint density at radius 2 is 1.79 bits per heavy atom. The van der Waals surface area contributed by atoms with Crippen LogP contribution in [0.1, 0.15) is 23.6 Å². The number of benzene rings is 3. The molecule has 0 saturated heterocycles. The van der Waals surface area contributed by atoms with Crippen LogP contribution in [0.2, 0.25) is 10.0 Å². The van der Waals surface area contributed by atoms with E-state index >= 15 is 0 Å². The number of nitrogens with one attached hydrogen (secondary N) is 2. The number of nitrogens with zero attached hydrogens (tertiary/aromatic N) is 1. The third-order valence-corrected chi connectivity index (χ3v) is 6.15. The molecule has 2 amide bonds. The summed E-state index contributed by atoms with van der Waals surface area (Å²) >= 11 is 15.2. The predicted molar refractivity (Wildman–Crippen MR) is 142 cm³/mol. The average Bonchev–Trinajstić information content (AvgIpc) is 2.85. The fourth-order valence-corrected chi connectivity index (χ4v) is 4.03. The molecule has 0 saturated carbocycles. The van der Waals surface area contributed by atoms with E-state index in [2.05, 4.69) is 21.0 Å². The number of carbonyl (C=O) groups is 2. The molecular weight excluding hydrogens is 633 g/mol. The average molecular weight is 651 g/mol. The van der Waals surface area contributed by atoms with Crippen molar-refractivity contribution in [3.63, 3.8) is 0 Å². The van der Waals surface area contributed by atoms with Gasteiger partial charge in [0.2, 0.25) is 0 Å². The van der Waals surface area contributed by atoms with Crippen LogP contribution in [0.3, 0.4) is 0 Å². The highest BCUT2D eigenvalue weighted by Gasteiger charge is 2.31. The van der Waals surface area contributed by atoms with Crippen LogP contribution in [0.15, 0.2) is 58.1 Å². The molecule has 0 aliphatic carbocycles. The van der Waals surface area contributed by atoms with Crippen molar-refractivity contribution in [1.82, 2.24) is 5.43 Å². The van der Waals surface area contributed by atoms with E-state index in [-0.39, 0.29) is 40.3 Å². The molecular formula is C25H18BrCl2F4N3O4. The predicted octanol–water partition coefficient (Wildman–Crippen LogP) is 6.98. The smallest absolute Gasteiger partial charge is 0.416 e. The number of alkyl halides is 3. The molecule has 0 heterocycles. The molecule has 3 aromatic rings. The maximum absolute atomic E-state index is 14.1. The highest BCUT2D eigenvalue weighted by molar-refractivity contribution is 9.10. The van der Waals surface area contributed by atoms with E-state index in [4.69, 9.17) is 32.7 Å². The van der Waals surface area contributed by atoms with Gasteiger partial charge in [0.1, 0.15) is 12.4 Å². The van der Waals surface area contributed by atoms with E-state index in [1.807, 2.05) is 10.7 Å². The minimum Gasteiger partial charge on any atom is -0.490 e. The van der Waals surface area contributed by atoms with Gasteiger partial charge in [-0.05, 0) is 70.9 Å². The summed E-state index contributed by atoms with van der Waals surface area (Å²) in [6.07, 6.45) is -3.48. The van der Waals surface area contributed by atoms with Gasteiger partial charge in [-0.1, -0.05) is 29.3 Å². The summed E-state index contributed by atoms with van der Waals surface area (Å²) < 4.78 is 64.6. The summed E-state index contributed by atoms with van der Waals surface area (Å²) in [5.41, 5.74) is 1.08. The lowest BCUT2D eigenvalue weighted by molar-refractivity contribution is -0.137. The Hall–Kier alpha value is -3.35. The molecule has 0 aliphatic rings. The van der Waals surface area contributed by atoms with Crippen LogP contribution in [0.4, 0.5) is 23.2 Å². The summed E-state index contributed by atoms with van der Waals surface area (Å²) in [4.78, 5) is 24.2. The van der Waals surface area contributed by atoms with Gasteiger partial charge in [0, 0.05) is 5.56 Å². The van der Waals surface area contributed by atoms with Gasteiger partial charge in [0.15, 0.2) is 11.5 Å². The second kappa shape index (κ2) is 13.1. The fourth-order valence-electron chi connectivity index (χ4n) is 3.07. The molecule has 0 bridgehead atoms. The third-order valence-electron chi connectivity index (χ3n) is 4.88. The zero-order chi connectivity index (χ0) is 28.7. The van der Waals surface area contributed by atoms with Crippen molar-refractivity contribution >= 4 is 62.8 Å². The monoisotopic (exact) mass is 649 g/mol. The molecule has 0 atom stereocenters. The molecule has 0 radical (unpaired) electrons. The highest BCUT2D eigenvalue weighted by Crippen LogP contribution is 2.38. The standard InChI is InChI=1S/C25H18BrCl2F4N3O4/c1-2-38-21-9-13(8-16(26)22(21)39-12-15-17(27)4-3-5-19(15)29)11-33-35-24(37)23(36)34-20-10-14(25(30,31)32)6-7-18(20)28/h3-11H,2,12H2,1H3,(H,34,36)(H,35,37)/b33-11+. The van der Waals surface area contributed by atoms with Crippen molar-refractivity contribution in [2.24, 2.45) is 5.10 Å². The summed E-state index contributed by atoms with van der Waals surface area (Å²) in [5, 5.41) is 5.70. The number of hydrazone groups is 1. The quantitative estimate of drug-likeness (QED) is 0.119. The first-order valence-electron chi connectivity index (χ1n) is 10.9. The Kier molecular flexibility index (Phi) is 10.2. The van der Waals surface area contributed by atoms with Crippen LogP contribution in [0.5, 0.6) is 11.5 Å². The number of rotatable bonds is 8. The van der Waals surface area contributed by atoms with Crippen molar-refractivity contribution in [2.75, 3.05) is 11.9 Å². The van der Waals surface area contributed by atoms with E-state index in [1.165, 1.54) is 30.5 Å². The van der Waals surface area contributed by atoms with Gasteiger partial charge in [-0.15, -0.1) is 0 Å². The molecule has 0 aliphatic heterocycles. The molecule has 39 heavy (non-hydrogen) atoms. The largest absolute Gasteiger partial charge is 0.490 e. The van der Waals surface area contributed by atoms with Crippen molar-refractivity contribution < 1.29 is 36.6 Å². The van der Waals surface area contributed by atoms with E-state index in [0.29, 0.717) is 16.1 Å². The molecule has 0 aromatic heterocycles. The van der Waals surface area contributed by atoms with Crippen LogP contribution < -0.4 is 20.2 Å². The van der Waals surface area contributed by atoms with Crippen molar-refractivity contribution in [3.05, 3.63) is 85.6 Å². The Morgan fingerprint density at radius 3 is 2.46 bits per heavy atom. The van der Waals surface area contributed by atoms with Gasteiger partial charge in [0.05, 0.1) is 38.6 Å². The highest BCUT2D eigenvalue weighted by atomic mass is 79.9. The van der Waals surface area contributed by atoms with E-state index in [9.17, 15) is 27.2 Å². The number of anilines is 1. The number of hydrogen-bond donors (Lipinski definition) is 2. The number of ether oxygens (including phenoxy) is 2. The SMILES string of the molecule is CCOc1cc(/C=N/NC(=O)C(=O)Nc2cc(C(F)(F)F)ccc2Cl)cc(Br)c1OCc1c(F)cccc1Cl. The Bertz CT molecular complexity index is 1400. The van der Waals surface area contributed by atoms with Gasteiger partial charge < -0.3 is 14.8 Å². The second-order valence-electron chi connectivity index (χ2n) is 7.60. The number of carbonyl (C=O) groups excluding carboxylic acids is 2. The van der Waals surface area contributed by atoms with Gasteiger partial charge in [-0.2, -0.15) is 18.3 Å². The molecule has 14 heteroatoms. The van der Waals surface area contributed by atoms with Gasteiger partial charge >= 0.3 is 18.0 Å². The Balaban J connectivity index is 1.69.